The van der Waals surface area contributed by atoms with E-state index in [0.29, 0.717) is 11.5 Å². The summed E-state index contributed by atoms with van der Waals surface area (Å²) in [5.41, 5.74) is 1.58. The number of hydrogen-bond acceptors (Lipinski definition) is 2. The van der Waals surface area contributed by atoms with Gasteiger partial charge in [-0.15, -0.1) is 0 Å². The minimum atomic E-state index is -0.252. The average Bonchev–Trinajstić information content (AvgIpc) is 2.51. The van der Waals surface area contributed by atoms with Crippen LogP contribution in [0.1, 0.15) is 20.3 Å². The first kappa shape index (κ1) is 11.7. The minimum Gasteiger partial charge on any atom is -0.408 e. The molecule has 0 N–H and O–H groups in total. The second-order valence-corrected chi connectivity index (χ2v) is 5.56. The molecular formula is C12H14INO2. The molecule has 0 bridgehead atoms. The zero-order valence-corrected chi connectivity index (χ0v) is 11.5. The Balaban J connectivity index is 2.46. The fraction of sp³-hybridized carbons (Fsp3) is 0.417. The number of halogens is 1. The predicted octanol–water partition coefficient (Wildman–Crippen LogP) is 3.25. The van der Waals surface area contributed by atoms with E-state index in [4.69, 9.17) is 4.42 Å². The van der Waals surface area contributed by atoms with Crippen LogP contribution in [0.2, 0.25) is 0 Å². The van der Waals surface area contributed by atoms with Crippen molar-refractivity contribution in [1.82, 2.24) is 4.57 Å². The van der Waals surface area contributed by atoms with Crippen molar-refractivity contribution in [3.63, 3.8) is 0 Å². The third kappa shape index (κ3) is 2.31. The molecule has 0 fully saturated rings. The highest BCUT2D eigenvalue weighted by atomic mass is 127. The lowest BCUT2D eigenvalue weighted by atomic mass is 10.1. The fourth-order valence-electron chi connectivity index (χ4n) is 1.63. The van der Waals surface area contributed by atoms with Gasteiger partial charge in [0, 0.05) is 10.1 Å². The number of aromatic nitrogens is 1. The Morgan fingerprint density at radius 3 is 2.88 bits per heavy atom. The molecule has 16 heavy (non-hydrogen) atoms. The van der Waals surface area contributed by atoms with Crippen molar-refractivity contribution in [2.75, 3.05) is 0 Å². The zero-order chi connectivity index (χ0) is 11.7. The van der Waals surface area contributed by atoms with Crippen molar-refractivity contribution in [2.45, 2.75) is 26.8 Å². The maximum Gasteiger partial charge on any atom is 0.419 e. The Labute approximate surface area is 108 Å². The third-order valence-electron chi connectivity index (χ3n) is 2.56. The highest BCUT2D eigenvalue weighted by Crippen LogP contribution is 2.17. The van der Waals surface area contributed by atoms with Crippen LogP contribution in [-0.2, 0) is 6.54 Å². The first-order valence-corrected chi connectivity index (χ1v) is 6.44. The van der Waals surface area contributed by atoms with Crippen LogP contribution in [0.5, 0.6) is 0 Å². The van der Waals surface area contributed by atoms with Crippen LogP contribution in [0.15, 0.2) is 27.4 Å². The van der Waals surface area contributed by atoms with Crippen molar-refractivity contribution < 1.29 is 4.42 Å². The summed E-state index contributed by atoms with van der Waals surface area (Å²) in [4.78, 5) is 11.7. The topological polar surface area (TPSA) is 35.1 Å². The van der Waals surface area contributed by atoms with Crippen LogP contribution in [0.4, 0.5) is 0 Å². The predicted molar refractivity (Wildman–Crippen MR) is 72.6 cm³/mol. The molecule has 4 heteroatoms. The molecule has 0 spiro atoms. The number of aryl methyl sites for hydroxylation is 1. The lowest BCUT2D eigenvalue weighted by Gasteiger charge is -2.04. The summed E-state index contributed by atoms with van der Waals surface area (Å²) in [5.74, 6) is 0.331. The molecule has 1 aromatic heterocycles. The molecule has 0 unspecified atom stereocenters. The van der Waals surface area contributed by atoms with Gasteiger partial charge in [-0.1, -0.05) is 13.8 Å². The quantitative estimate of drug-likeness (QED) is 0.810. The van der Waals surface area contributed by atoms with Gasteiger partial charge in [0.15, 0.2) is 5.58 Å². The average molecular weight is 331 g/mol. The molecule has 1 heterocycles. The molecule has 1 aromatic carbocycles. The smallest absolute Gasteiger partial charge is 0.408 e. The molecule has 0 aliphatic heterocycles. The molecule has 0 atom stereocenters. The molecular weight excluding hydrogens is 317 g/mol. The summed E-state index contributed by atoms with van der Waals surface area (Å²) in [6, 6.07) is 5.78. The molecule has 0 saturated carbocycles. The molecule has 86 valence electrons. The Morgan fingerprint density at radius 2 is 2.19 bits per heavy atom. The number of hydrogen-bond donors (Lipinski definition) is 0. The fourth-order valence-corrected chi connectivity index (χ4v) is 2.11. The lowest BCUT2D eigenvalue weighted by Crippen LogP contribution is -2.15. The number of fused-ring (bicyclic) bond motifs is 1. The van der Waals surface area contributed by atoms with E-state index in [1.165, 1.54) is 0 Å². The van der Waals surface area contributed by atoms with Crippen molar-refractivity contribution >= 4 is 33.7 Å². The van der Waals surface area contributed by atoms with Gasteiger partial charge in [-0.2, -0.15) is 0 Å². The van der Waals surface area contributed by atoms with E-state index >= 15 is 0 Å². The number of benzene rings is 1. The Morgan fingerprint density at radius 1 is 1.44 bits per heavy atom. The van der Waals surface area contributed by atoms with E-state index in [1.807, 2.05) is 18.2 Å². The van der Waals surface area contributed by atoms with Crippen LogP contribution < -0.4 is 5.76 Å². The van der Waals surface area contributed by atoms with E-state index in [1.54, 1.807) is 4.57 Å². The zero-order valence-electron chi connectivity index (χ0n) is 9.37. The number of oxazole rings is 1. The van der Waals surface area contributed by atoms with E-state index in [2.05, 4.69) is 36.4 Å². The summed E-state index contributed by atoms with van der Waals surface area (Å²) >= 11 is 2.24. The highest BCUT2D eigenvalue weighted by molar-refractivity contribution is 14.1. The molecule has 0 amide bonds. The van der Waals surface area contributed by atoms with E-state index in [-0.39, 0.29) is 5.76 Å². The SMILES string of the molecule is CC(C)CCn1c(=O)oc2ccc(I)cc21. The second kappa shape index (κ2) is 4.61. The second-order valence-electron chi connectivity index (χ2n) is 4.31. The van der Waals surface area contributed by atoms with Crippen LogP contribution in [0.25, 0.3) is 11.1 Å². The molecule has 0 aliphatic carbocycles. The first-order valence-electron chi connectivity index (χ1n) is 5.37. The summed E-state index contributed by atoms with van der Waals surface area (Å²) in [6.45, 7) is 5.03. The van der Waals surface area contributed by atoms with Gasteiger partial charge in [-0.25, -0.2) is 4.79 Å². The van der Waals surface area contributed by atoms with Crippen LogP contribution in [-0.4, -0.2) is 4.57 Å². The summed E-state index contributed by atoms with van der Waals surface area (Å²) in [5, 5.41) is 0. The largest absolute Gasteiger partial charge is 0.419 e. The van der Waals surface area contributed by atoms with Crippen LogP contribution in [0, 0.1) is 9.49 Å². The Hall–Kier alpha value is -0.780. The van der Waals surface area contributed by atoms with Gasteiger partial charge < -0.3 is 4.42 Å². The third-order valence-corrected chi connectivity index (χ3v) is 3.23. The number of rotatable bonds is 3. The Bertz CT molecular complexity index is 554. The van der Waals surface area contributed by atoms with Gasteiger partial charge in [0.05, 0.1) is 5.52 Å². The van der Waals surface area contributed by atoms with Gasteiger partial charge in [0.25, 0.3) is 0 Å². The van der Waals surface area contributed by atoms with Crippen molar-refractivity contribution in [2.24, 2.45) is 5.92 Å². The van der Waals surface area contributed by atoms with Crippen LogP contribution in [0.3, 0.4) is 0 Å². The van der Waals surface area contributed by atoms with Crippen LogP contribution >= 0.6 is 22.6 Å². The molecule has 3 nitrogen and oxygen atoms in total. The normalized spacial score (nSPS) is 11.5. The van der Waals surface area contributed by atoms with Crippen molar-refractivity contribution in [3.8, 4) is 0 Å². The van der Waals surface area contributed by atoms with Gasteiger partial charge in [-0.05, 0) is 53.1 Å². The van der Waals surface area contributed by atoms with E-state index < -0.39 is 0 Å². The summed E-state index contributed by atoms with van der Waals surface area (Å²) < 4.78 is 8.03. The molecule has 0 saturated heterocycles. The molecule has 0 radical (unpaired) electrons. The Kier molecular flexibility index (Phi) is 3.37. The van der Waals surface area contributed by atoms with E-state index in [0.717, 1.165) is 22.1 Å². The first-order chi connectivity index (χ1) is 7.58. The van der Waals surface area contributed by atoms with Gasteiger partial charge in [0.2, 0.25) is 0 Å². The maximum absolute atomic E-state index is 11.7. The molecule has 0 aliphatic rings. The maximum atomic E-state index is 11.7. The standard InChI is InChI=1S/C12H14INO2/c1-8(2)5-6-14-10-7-9(13)3-4-11(10)16-12(14)15/h3-4,7-8H,5-6H2,1-2H3. The highest BCUT2D eigenvalue weighted by Gasteiger charge is 2.09. The summed E-state index contributed by atoms with van der Waals surface area (Å²) in [6.07, 6.45) is 0.986. The lowest BCUT2D eigenvalue weighted by molar-refractivity contribution is 0.465. The monoisotopic (exact) mass is 331 g/mol. The van der Waals surface area contributed by atoms with Crippen molar-refractivity contribution in [1.29, 1.82) is 0 Å². The summed E-state index contributed by atoms with van der Waals surface area (Å²) in [7, 11) is 0. The number of nitrogens with zero attached hydrogens (tertiary/aromatic N) is 1. The van der Waals surface area contributed by atoms with Crippen molar-refractivity contribution in [3.05, 3.63) is 32.3 Å². The van der Waals surface area contributed by atoms with Gasteiger partial charge in [-0.3, -0.25) is 4.57 Å². The van der Waals surface area contributed by atoms with E-state index in [9.17, 15) is 4.79 Å². The van der Waals surface area contributed by atoms with Gasteiger partial charge >= 0.3 is 5.76 Å². The minimum absolute atomic E-state index is 0.252. The van der Waals surface area contributed by atoms with Gasteiger partial charge in [0.1, 0.15) is 0 Å². The molecule has 2 rings (SSSR count). The molecule has 2 aromatic rings.